The maximum absolute atomic E-state index is 13.0. The monoisotopic (exact) mass is 322 g/mol. The lowest BCUT2D eigenvalue weighted by atomic mass is 9.82. The van der Waals surface area contributed by atoms with Gasteiger partial charge in [0.15, 0.2) is 11.6 Å². The second kappa shape index (κ2) is 4.84. The summed E-state index contributed by atoms with van der Waals surface area (Å²) in [5.74, 6) is -0.699. The molecule has 4 rings (SSSR count). The molecule has 2 aromatic carbocycles. The number of phenolic OH excluding ortho intramolecular Hbond substituents is 1. The number of hydrogen-bond donors (Lipinski definition) is 3. The van der Waals surface area contributed by atoms with Gasteiger partial charge in [-0.2, -0.15) is 0 Å². The van der Waals surface area contributed by atoms with Gasteiger partial charge >= 0.3 is 0 Å². The van der Waals surface area contributed by atoms with Crippen molar-refractivity contribution in [2.75, 3.05) is 10.6 Å². The fraction of sp³-hybridized carbons (Fsp3) is 0.263. The Bertz CT molecular complexity index is 898. The van der Waals surface area contributed by atoms with E-state index >= 15 is 0 Å². The van der Waals surface area contributed by atoms with Gasteiger partial charge in [0, 0.05) is 11.1 Å². The minimum absolute atomic E-state index is 0.0932. The summed E-state index contributed by atoms with van der Waals surface area (Å²) < 4.78 is 0. The van der Waals surface area contributed by atoms with Crippen LogP contribution in [-0.2, 0) is 0 Å². The van der Waals surface area contributed by atoms with Crippen molar-refractivity contribution in [1.82, 2.24) is 0 Å². The van der Waals surface area contributed by atoms with Crippen LogP contribution >= 0.6 is 0 Å². The standard InChI is InChI=1S/C19H18N2O3/c1-3-19(4-2)20-12-9-8-11-15(16(12)21-19)18(24)14-10(17(11)23)6-5-7-13(14)22/h5-9,20-22H,3-4H2,1-2H3. The molecule has 122 valence electrons. The molecule has 0 radical (unpaired) electrons. The average Bonchev–Trinajstić information content (AvgIpc) is 2.98. The zero-order chi connectivity index (χ0) is 17.1. The van der Waals surface area contributed by atoms with E-state index < -0.39 is 0 Å². The Kier molecular flexibility index (Phi) is 2.97. The first-order valence-electron chi connectivity index (χ1n) is 8.16. The molecule has 0 saturated heterocycles. The molecule has 0 unspecified atom stereocenters. The van der Waals surface area contributed by atoms with Crippen LogP contribution in [0.4, 0.5) is 11.4 Å². The van der Waals surface area contributed by atoms with Crippen LogP contribution in [0.2, 0.25) is 0 Å². The number of aromatic hydroxyl groups is 1. The maximum atomic E-state index is 13.0. The third-order valence-electron chi connectivity index (χ3n) is 5.14. The van der Waals surface area contributed by atoms with Crippen molar-refractivity contribution in [2.45, 2.75) is 32.4 Å². The molecule has 1 aliphatic carbocycles. The molecule has 0 saturated carbocycles. The molecule has 0 aromatic heterocycles. The van der Waals surface area contributed by atoms with Crippen LogP contribution in [0.15, 0.2) is 30.3 Å². The third-order valence-corrected chi connectivity index (χ3v) is 5.14. The van der Waals surface area contributed by atoms with Gasteiger partial charge in [-0.05, 0) is 31.0 Å². The molecule has 0 atom stereocenters. The van der Waals surface area contributed by atoms with E-state index in [4.69, 9.17) is 0 Å². The Hall–Kier alpha value is -2.82. The zero-order valence-corrected chi connectivity index (χ0v) is 13.6. The Morgan fingerprint density at radius 2 is 1.62 bits per heavy atom. The summed E-state index contributed by atoms with van der Waals surface area (Å²) in [6, 6.07) is 8.13. The fourth-order valence-electron chi connectivity index (χ4n) is 3.63. The summed E-state index contributed by atoms with van der Waals surface area (Å²) in [5.41, 5.74) is 2.24. The van der Waals surface area contributed by atoms with E-state index in [2.05, 4.69) is 24.5 Å². The van der Waals surface area contributed by atoms with Crippen LogP contribution in [0.25, 0.3) is 0 Å². The van der Waals surface area contributed by atoms with E-state index in [1.807, 2.05) is 6.07 Å². The predicted molar refractivity (Wildman–Crippen MR) is 92.0 cm³/mol. The first-order chi connectivity index (χ1) is 11.5. The molecule has 24 heavy (non-hydrogen) atoms. The van der Waals surface area contributed by atoms with E-state index in [1.54, 1.807) is 18.2 Å². The number of nitrogens with one attached hydrogen (secondary N) is 2. The molecule has 2 aliphatic rings. The van der Waals surface area contributed by atoms with Gasteiger partial charge in [-0.1, -0.05) is 26.0 Å². The summed E-state index contributed by atoms with van der Waals surface area (Å²) >= 11 is 0. The van der Waals surface area contributed by atoms with Crippen molar-refractivity contribution in [1.29, 1.82) is 0 Å². The van der Waals surface area contributed by atoms with Crippen LogP contribution in [0, 0.1) is 0 Å². The number of benzene rings is 2. The number of phenols is 1. The molecule has 1 aliphatic heterocycles. The number of hydrogen-bond acceptors (Lipinski definition) is 5. The molecule has 3 N–H and O–H groups in total. The third kappa shape index (κ3) is 1.75. The van der Waals surface area contributed by atoms with Gasteiger partial charge in [-0.3, -0.25) is 9.59 Å². The van der Waals surface area contributed by atoms with Crippen molar-refractivity contribution >= 4 is 22.9 Å². The molecule has 5 nitrogen and oxygen atoms in total. The van der Waals surface area contributed by atoms with Crippen molar-refractivity contribution < 1.29 is 14.7 Å². The molecule has 0 fully saturated rings. The SMILES string of the molecule is CCC1(CC)Nc2ccc3c(c2N1)C(=O)c1c(O)cccc1C3=O. The van der Waals surface area contributed by atoms with Crippen LogP contribution in [0.5, 0.6) is 5.75 Å². The number of fused-ring (bicyclic) bond motifs is 4. The van der Waals surface area contributed by atoms with E-state index in [1.165, 1.54) is 6.07 Å². The van der Waals surface area contributed by atoms with E-state index in [0.29, 0.717) is 16.8 Å². The van der Waals surface area contributed by atoms with E-state index in [9.17, 15) is 14.7 Å². The quantitative estimate of drug-likeness (QED) is 0.673. The maximum Gasteiger partial charge on any atom is 0.200 e. The van der Waals surface area contributed by atoms with Crippen LogP contribution < -0.4 is 10.6 Å². The second-order valence-corrected chi connectivity index (χ2v) is 6.31. The Balaban J connectivity index is 1.95. The topological polar surface area (TPSA) is 78.4 Å². The largest absolute Gasteiger partial charge is 0.507 e. The van der Waals surface area contributed by atoms with Gasteiger partial charge < -0.3 is 15.7 Å². The van der Waals surface area contributed by atoms with Gasteiger partial charge in [0.1, 0.15) is 11.4 Å². The first-order valence-corrected chi connectivity index (χ1v) is 8.16. The molecule has 0 amide bonds. The predicted octanol–water partition coefficient (Wildman–Crippen LogP) is 3.52. The summed E-state index contributed by atoms with van der Waals surface area (Å²) in [5, 5.41) is 16.9. The summed E-state index contributed by atoms with van der Waals surface area (Å²) in [4.78, 5) is 25.8. The number of carbonyl (C=O) groups excluding carboxylic acids is 2. The van der Waals surface area contributed by atoms with Crippen molar-refractivity contribution in [3.05, 3.63) is 52.6 Å². The molecule has 0 bridgehead atoms. The first kappa shape index (κ1) is 14.8. The van der Waals surface area contributed by atoms with E-state index in [-0.39, 0.29) is 34.1 Å². The molecule has 0 spiro atoms. The number of rotatable bonds is 2. The Morgan fingerprint density at radius 1 is 0.917 bits per heavy atom. The van der Waals surface area contributed by atoms with Crippen molar-refractivity contribution in [2.24, 2.45) is 0 Å². The number of ketones is 2. The van der Waals surface area contributed by atoms with Crippen LogP contribution in [-0.4, -0.2) is 22.3 Å². The molecule has 2 aromatic rings. The van der Waals surface area contributed by atoms with E-state index in [0.717, 1.165) is 18.5 Å². The normalized spacial score (nSPS) is 16.8. The van der Waals surface area contributed by atoms with Gasteiger partial charge in [0.25, 0.3) is 0 Å². The highest BCUT2D eigenvalue weighted by atomic mass is 16.3. The highest BCUT2D eigenvalue weighted by Crippen LogP contribution is 2.44. The number of carbonyl (C=O) groups is 2. The Morgan fingerprint density at radius 3 is 2.33 bits per heavy atom. The highest BCUT2D eigenvalue weighted by Gasteiger charge is 2.40. The second-order valence-electron chi connectivity index (χ2n) is 6.31. The summed E-state index contributed by atoms with van der Waals surface area (Å²) in [6.45, 7) is 4.13. The minimum Gasteiger partial charge on any atom is -0.507 e. The average molecular weight is 322 g/mol. The van der Waals surface area contributed by atoms with Gasteiger partial charge in [0.2, 0.25) is 0 Å². The number of anilines is 2. The van der Waals surface area contributed by atoms with Gasteiger partial charge in [-0.25, -0.2) is 0 Å². The molecule has 1 heterocycles. The zero-order valence-electron chi connectivity index (χ0n) is 13.6. The van der Waals surface area contributed by atoms with Crippen LogP contribution in [0.3, 0.4) is 0 Å². The molecule has 5 heteroatoms. The lowest BCUT2D eigenvalue weighted by Crippen LogP contribution is -2.40. The molecular formula is C19H18N2O3. The molecular weight excluding hydrogens is 304 g/mol. The van der Waals surface area contributed by atoms with Crippen molar-refractivity contribution in [3.8, 4) is 5.75 Å². The van der Waals surface area contributed by atoms with Gasteiger partial charge in [-0.15, -0.1) is 0 Å². The summed E-state index contributed by atoms with van der Waals surface area (Å²) in [7, 11) is 0. The van der Waals surface area contributed by atoms with Crippen LogP contribution in [0.1, 0.15) is 58.5 Å². The van der Waals surface area contributed by atoms with Crippen molar-refractivity contribution in [3.63, 3.8) is 0 Å². The Labute approximate surface area is 139 Å². The lowest BCUT2D eigenvalue weighted by molar-refractivity contribution is 0.0977. The van der Waals surface area contributed by atoms with Gasteiger partial charge in [0.05, 0.1) is 22.5 Å². The lowest BCUT2D eigenvalue weighted by Gasteiger charge is -2.28. The highest BCUT2D eigenvalue weighted by molar-refractivity contribution is 6.31. The fourth-order valence-corrected chi connectivity index (χ4v) is 3.63. The summed E-state index contributed by atoms with van der Waals surface area (Å²) in [6.07, 6.45) is 1.66. The smallest absolute Gasteiger partial charge is 0.200 e. The minimum atomic E-state index is -0.320.